The smallest absolute Gasteiger partial charge is 0.264 e. The predicted molar refractivity (Wildman–Crippen MR) is 102 cm³/mol. The highest BCUT2D eigenvalue weighted by Gasteiger charge is 2.24. The number of benzene rings is 2. The van der Waals surface area contributed by atoms with Crippen LogP contribution in [0.3, 0.4) is 0 Å². The van der Waals surface area contributed by atoms with Gasteiger partial charge in [0.05, 0.1) is 29.8 Å². The Balaban J connectivity index is 1.88. The van der Waals surface area contributed by atoms with Crippen LogP contribution >= 0.6 is 23.4 Å². The van der Waals surface area contributed by atoms with Crippen LogP contribution in [-0.2, 0) is 4.79 Å². The summed E-state index contributed by atoms with van der Waals surface area (Å²) in [6, 6.07) is 12.6. The number of hydrogen-bond donors (Lipinski definition) is 1. The van der Waals surface area contributed by atoms with Gasteiger partial charge in [0.1, 0.15) is 11.5 Å². The zero-order valence-corrected chi connectivity index (χ0v) is 15.1. The average molecular weight is 375 g/mol. The third-order valence-electron chi connectivity index (χ3n) is 3.45. The molecule has 2 aromatic rings. The van der Waals surface area contributed by atoms with E-state index in [9.17, 15) is 4.79 Å². The maximum Gasteiger partial charge on any atom is 0.264 e. The fourth-order valence-corrected chi connectivity index (χ4v) is 3.21. The second-order valence-electron chi connectivity index (χ2n) is 5.04. The van der Waals surface area contributed by atoms with Crippen molar-refractivity contribution >= 4 is 46.2 Å². The summed E-state index contributed by atoms with van der Waals surface area (Å²) in [5, 5.41) is 3.75. The number of para-hydroxylation sites is 1. The van der Waals surface area contributed by atoms with Crippen molar-refractivity contribution in [3.05, 3.63) is 58.0 Å². The zero-order valence-electron chi connectivity index (χ0n) is 13.6. The Bertz CT molecular complexity index is 880. The number of thioether (sulfide) groups is 1. The van der Waals surface area contributed by atoms with Crippen molar-refractivity contribution in [1.29, 1.82) is 0 Å². The van der Waals surface area contributed by atoms with Crippen LogP contribution in [0.4, 0.5) is 5.69 Å². The minimum atomic E-state index is -0.214. The van der Waals surface area contributed by atoms with Gasteiger partial charge in [-0.2, -0.15) is 0 Å². The summed E-state index contributed by atoms with van der Waals surface area (Å²) >= 11 is 7.35. The second-order valence-corrected chi connectivity index (χ2v) is 6.48. The highest BCUT2D eigenvalue weighted by Crippen LogP contribution is 2.33. The van der Waals surface area contributed by atoms with Gasteiger partial charge in [-0.3, -0.25) is 4.79 Å². The predicted octanol–water partition coefficient (Wildman–Crippen LogP) is 4.25. The molecule has 7 heteroatoms. The highest BCUT2D eigenvalue weighted by molar-refractivity contribution is 8.18. The van der Waals surface area contributed by atoms with E-state index in [1.165, 1.54) is 11.8 Å². The Morgan fingerprint density at radius 2 is 1.96 bits per heavy atom. The summed E-state index contributed by atoms with van der Waals surface area (Å²) in [4.78, 5) is 17.1. The molecule has 0 aliphatic carbocycles. The number of ether oxygens (including phenoxy) is 2. The highest BCUT2D eigenvalue weighted by atomic mass is 35.5. The number of aliphatic imine (C=N–C) groups is 1. The first-order valence-corrected chi connectivity index (χ1v) is 8.56. The molecule has 3 rings (SSSR count). The van der Waals surface area contributed by atoms with Gasteiger partial charge in [-0.05, 0) is 42.1 Å². The van der Waals surface area contributed by atoms with Crippen LogP contribution in [0.1, 0.15) is 5.56 Å². The molecule has 1 amide bonds. The SMILES string of the molecule is COc1ccc(/C=C2\SC(=Nc3ccccc3Cl)NC2=O)c(OC)c1. The standard InChI is InChI=1S/C18H15ClN2O3S/c1-23-12-8-7-11(15(10-12)24-2)9-16-17(22)21-18(25-16)20-14-6-4-3-5-13(14)19/h3-10H,1-2H3,(H,20,21,22)/b16-9-. The van der Waals surface area contributed by atoms with E-state index < -0.39 is 0 Å². The quantitative estimate of drug-likeness (QED) is 0.813. The Morgan fingerprint density at radius 1 is 1.16 bits per heavy atom. The normalized spacial score (nSPS) is 17.0. The molecule has 1 aliphatic heterocycles. The van der Waals surface area contributed by atoms with Crippen LogP contribution in [0.2, 0.25) is 5.02 Å². The van der Waals surface area contributed by atoms with Gasteiger partial charge < -0.3 is 14.8 Å². The van der Waals surface area contributed by atoms with E-state index >= 15 is 0 Å². The van der Waals surface area contributed by atoms with Crippen molar-refractivity contribution in [3.8, 4) is 11.5 Å². The van der Waals surface area contributed by atoms with Crippen LogP contribution in [0.5, 0.6) is 11.5 Å². The molecule has 128 valence electrons. The van der Waals surface area contributed by atoms with Crippen LogP contribution in [-0.4, -0.2) is 25.3 Å². The van der Waals surface area contributed by atoms with Crippen molar-refractivity contribution in [2.75, 3.05) is 14.2 Å². The third-order valence-corrected chi connectivity index (χ3v) is 4.68. The van der Waals surface area contributed by atoms with E-state index in [1.54, 1.807) is 38.5 Å². The minimum absolute atomic E-state index is 0.214. The molecule has 0 spiro atoms. The van der Waals surface area contributed by atoms with E-state index in [0.717, 1.165) is 5.56 Å². The average Bonchev–Trinajstić information content (AvgIpc) is 2.96. The topological polar surface area (TPSA) is 59.9 Å². The largest absolute Gasteiger partial charge is 0.497 e. The van der Waals surface area contributed by atoms with E-state index in [2.05, 4.69) is 10.3 Å². The number of carbonyl (C=O) groups excluding carboxylic acids is 1. The number of hydrogen-bond acceptors (Lipinski definition) is 5. The lowest BCUT2D eigenvalue weighted by atomic mass is 10.1. The van der Waals surface area contributed by atoms with E-state index in [1.807, 2.05) is 24.3 Å². The summed E-state index contributed by atoms with van der Waals surface area (Å²) in [7, 11) is 3.16. The van der Waals surface area contributed by atoms with Gasteiger partial charge in [-0.25, -0.2) is 4.99 Å². The van der Waals surface area contributed by atoms with Crippen molar-refractivity contribution in [2.24, 2.45) is 4.99 Å². The Labute approximate surface area is 154 Å². The molecule has 2 aromatic carbocycles. The molecule has 0 bridgehead atoms. The molecular formula is C18H15ClN2O3S. The molecule has 0 radical (unpaired) electrons. The van der Waals surface area contributed by atoms with E-state index in [0.29, 0.717) is 32.3 Å². The molecule has 1 aliphatic rings. The van der Waals surface area contributed by atoms with E-state index in [-0.39, 0.29) is 5.91 Å². The van der Waals surface area contributed by atoms with Gasteiger partial charge in [0.15, 0.2) is 5.17 Å². The first-order chi connectivity index (χ1) is 12.1. The lowest BCUT2D eigenvalue weighted by Crippen LogP contribution is -2.19. The first kappa shape index (κ1) is 17.4. The minimum Gasteiger partial charge on any atom is -0.497 e. The van der Waals surface area contributed by atoms with Crippen molar-refractivity contribution in [1.82, 2.24) is 5.32 Å². The molecule has 1 N–H and O–H groups in total. The number of nitrogens with one attached hydrogen (secondary N) is 1. The molecule has 0 unspecified atom stereocenters. The van der Waals surface area contributed by atoms with Gasteiger partial charge in [0.25, 0.3) is 5.91 Å². The maximum atomic E-state index is 12.2. The summed E-state index contributed by atoms with van der Waals surface area (Å²) in [6.07, 6.45) is 1.76. The molecule has 0 aromatic heterocycles. The molecular weight excluding hydrogens is 360 g/mol. The molecule has 5 nitrogen and oxygen atoms in total. The van der Waals surface area contributed by atoms with E-state index in [4.69, 9.17) is 21.1 Å². The molecule has 1 saturated heterocycles. The Kier molecular flexibility index (Phi) is 5.31. The summed E-state index contributed by atoms with van der Waals surface area (Å²) in [5.74, 6) is 1.09. The number of rotatable bonds is 4. The van der Waals surface area contributed by atoms with Crippen LogP contribution in [0.15, 0.2) is 52.4 Å². The van der Waals surface area contributed by atoms with Crippen molar-refractivity contribution in [2.45, 2.75) is 0 Å². The Morgan fingerprint density at radius 3 is 2.68 bits per heavy atom. The van der Waals surface area contributed by atoms with Gasteiger partial charge in [0.2, 0.25) is 0 Å². The third kappa shape index (κ3) is 3.97. The fourth-order valence-electron chi connectivity index (χ4n) is 2.21. The molecule has 25 heavy (non-hydrogen) atoms. The monoisotopic (exact) mass is 374 g/mol. The van der Waals surface area contributed by atoms with Crippen LogP contribution in [0.25, 0.3) is 6.08 Å². The Hall–Kier alpha value is -2.44. The molecule has 1 heterocycles. The molecule has 0 atom stereocenters. The van der Waals surface area contributed by atoms with Gasteiger partial charge >= 0.3 is 0 Å². The van der Waals surface area contributed by atoms with Gasteiger partial charge in [-0.1, -0.05) is 23.7 Å². The number of amides is 1. The number of carbonyl (C=O) groups is 1. The number of nitrogens with zero attached hydrogens (tertiary/aromatic N) is 1. The fraction of sp³-hybridized carbons (Fsp3) is 0.111. The van der Waals surface area contributed by atoms with Crippen molar-refractivity contribution in [3.63, 3.8) is 0 Å². The maximum absolute atomic E-state index is 12.2. The first-order valence-electron chi connectivity index (χ1n) is 7.37. The summed E-state index contributed by atoms with van der Waals surface area (Å²) in [6.45, 7) is 0. The molecule has 0 saturated carbocycles. The van der Waals surface area contributed by atoms with Crippen LogP contribution < -0.4 is 14.8 Å². The second kappa shape index (κ2) is 7.63. The number of halogens is 1. The number of amidine groups is 1. The van der Waals surface area contributed by atoms with Crippen LogP contribution in [0, 0.1) is 0 Å². The van der Waals surface area contributed by atoms with Crippen molar-refractivity contribution < 1.29 is 14.3 Å². The summed E-state index contributed by atoms with van der Waals surface area (Å²) < 4.78 is 10.5. The van der Waals surface area contributed by atoms with Gasteiger partial charge in [-0.15, -0.1) is 0 Å². The molecule has 1 fully saturated rings. The van der Waals surface area contributed by atoms with Gasteiger partial charge in [0, 0.05) is 11.6 Å². The summed E-state index contributed by atoms with van der Waals surface area (Å²) in [5.41, 5.74) is 1.38. The lowest BCUT2D eigenvalue weighted by molar-refractivity contribution is -0.115. The number of methoxy groups -OCH3 is 2. The zero-order chi connectivity index (χ0) is 17.8. The lowest BCUT2D eigenvalue weighted by Gasteiger charge is -2.07.